The fourth-order valence-corrected chi connectivity index (χ4v) is 4.27. The first-order valence-corrected chi connectivity index (χ1v) is 12.0. The predicted octanol–water partition coefficient (Wildman–Crippen LogP) is 3.97. The van der Waals surface area contributed by atoms with Crippen LogP contribution in [0.4, 0.5) is 0 Å². The quantitative estimate of drug-likeness (QED) is 0.371. The highest BCUT2D eigenvalue weighted by Crippen LogP contribution is 2.49. The Morgan fingerprint density at radius 2 is 1.77 bits per heavy atom. The van der Waals surface area contributed by atoms with E-state index in [4.69, 9.17) is 30.1 Å². The lowest BCUT2D eigenvalue weighted by molar-refractivity contribution is 0.0524. The van der Waals surface area contributed by atoms with Gasteiger partial charge in [0.1, 0.15) is 0 Å². The maximum absolute atomic E-state index is 11.9. The number of carbonyl (C=O) groups is 1. The molecule has 0 aliphatic heterocycles. The summed E-state index contributed by atoms with van der Waals surface area (Å²) >= 11 is 5.32. The summed E-state index contributed by atoms with van der Waals surface area (Å²) in [5.74, 6) is -0.218. The van der Waals surface area contributed by atoms with Crippen LogP contribution in [0.3, 0.4) is 0 Å². The largest absolute Gasteiger partial charge is 0.462 e. The molecule has 9 nitrogen and oxygen atoms in total. The third-order valence-corrected chi connectivity index (χ3v) is 5.87. The van der Waals surface area contributed by atoms with Gasteiger partial charge in [0.15, 0.2) is 5.65 Å². The van der Waals surface area contributed by atoms with Crippen LogP contribution in [0.1, 0.15) is 36.8 Å². The molecule has 3 heterocycles. The number of esters is 1. The molecule has 30 heavy (non-hydrogen) atoms. The lowest BCUT2D eigenvalue weighted by atomic mass is 10.2. The summed E-state index contributed by atoms with van der Waals surface area (Å²) < 4.78 is 22.9. The van der Waals surface area contributed by atoms with Crippen LogP contribution in [0.2, 0.25) is 0 Å². The van der Waals surface area contributed by atoms with E-state index < -0.39 is 12.7 Å². The van der Waals surface area contributed by atoms with Crippen molar-refractivity contribution in [2.24, 2.45) is 0 Å². The molecule has 11 heteroatoms. The van der Waals surface area contributed by atoms with E-state index in [1.54, 1.807) is 38.5 Å². The third kappa shape index (κ3) is 6.84. The molecule has 0 aromatic carbocycles. The summed E-state index contributed by atoms with van der Waals surface area (Å²) in [5, 5.41) is 4.23. The summed E-state index contributed by atoms with van der Waals surface area (Å²) in [6.07, 6.45) is 5.05. The van der Waals surface area contributed by atoms with Gasteiger partial charge in [-0.15, -0.1) is 5.10 Å². The maximum atomic E-state index is 11.9. The Hall–Kier alpha value is -2.39. The van der Waals surface area contributed by atoms with E-state index in [0.29, 0.717) is 30.1 Å². The molecule has 0 spiro atoms. The van der Waals surface area contributed by atoms with E-state index in [1.165, 1.54) is 4.52 Å². The fraction of sp³-hybridized carbons (Fsp3) is 0.368. The summed E-state index contributed by atoms with van der Waals surface area (Å²) in [7, 11) is 0. The topological polar surface area (TPSA) is 97.1 Å². The average Bonchev–Trinajstić information content (AvgIpc) is 3.10. The summed E-state index contributed by atoms with van der Waals surface area (Å²) in [5.41, 5.74) is 1.40. The van der Waals surface area contributed by atoms with Crippen molar-refractivity contribution >= 4 is 30.1 Å². The number of hydrogen-bond donors (Lipinski definition) is 0. The SMILES string of the molecule is CCOC(=O)c1cn2nc(OP(=S)(OCC)OCC)cc2nc1C.c1ccncc1. The minimum absolute atomic E-state index is 0.230. The van der Waals surface area contributed by atoms with Gasteiger partial charge in [-0.3, -0.25) is 14.0 Å². The van der Waals surface area contributed by atoms with E-state index in [2.05, 4.69) is 15.1 Å². The fourth-order valence-electron chi connectivity index (χ4n) is 2.28. The van der Waals surface area contributed by atoms with Gasteiger partial charge in [0.2, 0.25) is 5.88 Å². The average molecular weight is 452 g/mol. The van der Waals surface area contributed by atoms with Gasteiger partial charge < -0.3 is 9.26 Å². The van der Waals surface area contributed by atoms with Crippen LogP contribution >= 0.6 is 6.72 Å². The summed E-state index contributed by atoms with van der Waals surface area (Å²) in [4.78, 5) is 20.1. The molecule has 0 bridgehead atoms. The molecule has 3 aromatic rings. The Balaban J connectivity index is 0.000000456. The second-order valence-corrected chi connectivity index (χ2v) is 8.58. The highest BCUT2D eigenvalue weighted by atomic mass is 32.5. The minimum Gasteiger partial charge on any atom is -0.462 e. The molecule has 0 saturated carbocycles. The van der Waals surface area contributed by atoms with Crippen LogP contribution < -0.4 is 4.52 Å². The number of fused-ring (bicyclic) bond motifs is 1. The number of hydrogen-bond acceptors (Lipinski definition) is 9. The molecule has 3 rings (SSSR count). The highest BCUT2D eigenvalue weighted by molar-refractivity contribution is 8.07. The molecule has 0 aliphatic rings. The first-order valence-electron chi connectivity index (χ1n) is 9.40. The molecule has 0 saturated heterocycles. The van der Waals surface area contributed by atoms with Crippen LogP contribution in [-0.2, 0) is 25.6 Å². The van der Waals surface area contributed by atoms with Gasteiger partial charge in [-0.25, -0.2) is 14.3 Å². The number of ether oxygens (including phenoxy) is 1. The molecular weight excluding hydrogens is 427 g/mol. The number of carbonyl (C=O) groups excluding carboxylic acids is 1. The van der Waals surface area contributed by atoms with Gasteiger partial charge in [-0.05, 0) is 39.8 Å². The Morgan fingerprint density at radius 1 is 1.10 bits per heavy atom. The van der Waals surface area contributed by atoms with Gasteiger partial charge in [0, 0.05) is 36.5 Å². The van der Waals surface area contributed by atoms with Gasteiger partial charge in [-0.2, -0.15) is 0 Å². The second kappa shape index (κ2) is 11.7. The van der Waals surface area contributed by atoms with Crippen molar-refractivity contribution in [3.8, 4) is 5.88 Å². The first-order chi connectivity index (χ1) is 14.4. The van der Waals surface area contributed by atoms with Crippen molar-refractivity contribution < 1.29 is 23.1 Å². The molecule has 0 unspecified atom stereocenters. The number of aryl methyl sites for hydroxylation is 1. The monoisotopic (exact) mass is 452 g/mol. The molecule has 3 aromatic heterocycles. The van der Waals surface area contributed by atoms with Crippen molar-refractivity contribution in [2.45, 2.75) is 27.7 Å². The molecule has 0 fully saturated rings. The van der Waals surface area contributed by atoms with Crippen molar-refractivity contribution in [1.82, 2.24) is 19.6 Å². The maximum Gasteiger partial charge on any atom is 0.381 e. The second-order valence-electron chi connectivity index (χ2n) is 5.64. The van der Waals surface area contributed by atoms with E-state index >= 15 is 0 Å². The zero-order valence-electron chi connectivity index (χ0n) is 17.3. The standard InChI is InChI=1S/C14H20N3O5PS.C5H5N/c1-5-19-14(18)11-9-17-12(15-10(11)4)8-13(16-17)22-23(24,20-6-2)21-7-3;1-2-4-6-5-3-1/h8-9H,5-7H2,1-4H3;1-5H. The molecule has 0 radical (unpaired) electrons. The molecular formula is C19H25N4O5PS. The predicted molar refractivity (Wildman–Crippen MR) is 116 cm³/mol. The minimum atomic E-state index is -2.91. The van der Waals surface area contributed by atoms with Gasteiger partial charge in [0.25, 0.3) is 0 Å². The zero-order valence-corrected chi connectivity index (χ0v) is 19.1. The highest BCUT2D eigenvalue weighted by Gasteiger charge is 2.23. The van der Waals surface area contributed by atoms with Crippen molar-refractivity contribution in [3.63, 3.8) is 0 Å². The molecule has 0 atom stereocenters. The number of rotatable bonds is 8. The summed E-state index contributed by atoms with van der Waals surface area (Å²) in [6.45, 7) is 5.20. The lowest BCUT2D eigenvalue weighted by Gasteiger charge is -2.19. The van der Waals surface area contributed by atoms with Crippen LogP contribution in [0.15, 0.2) is 42.9 Å². The van der Waals surface area contributed by atoms with Crippen LogP contribution in [0.5, 0.6) is 5.88 Å². The van der Waals surface area contributed by atoms with Crippen molar-refractivity contribution in [2.75, 3.05) is 19.8 Å². The van der Waals surface area contributed by atoms with E-state index in [-0.39, 0.29) is 12.5 Å². The van der Waals surface area contributed by atoms with Crippen LogP contribution in [0.25, 0.3) is 5.65 Å². The van der Waals surface area contributed by atoms with Gasteiger partial charge in [-0.1, -0.05) is 6.07 Å². The Bertz CT molecular complexity index is 963. The summed E-state index contributed by atoms with van der Waals surface area (Å²) in [6, 6.07) is 7.33. The first kappa shape index (κ1) is 23.9. The Kier molecular flexibility index (Phi) is 9.32. The van der Waals surface area contributed by atoms with E-state index in [1.807, 2.05) is 32.0 Å². The Morgan fingerprint density at radius 3 is 2.27 bits per heavy atom. The molecule has 0 aliphatic carbocycles. The van der Waals surface area contributed by atoms with Gasteiger partial charge in [0.05, 0.1) is 31.1 Å². The third-order valence-electron chi connectivity index (χ3n) is 3.46. The number of nitrogens with zero attached hydrogens (tertiary/aromatic N) is 4. The normalized spacial score (nSPS) is 10.9. The van der Waals surface area contributed by atoms with Gasteiger partial charge >= 0.3 is 12.7 Å². The zero-order chi connectivity index (χ0) is 22.0. The van der Waals surface area contributed by atoms with Crippen LogP contribution in [0, 0.1) is 6.92 Å². The van der Waals surface area contributed by atoms with E-state index in [9.17, 15) is 4.79 Å². The lowest BCUT2D eigenvalue weighted by Crippen LogP contribution is -2.10. The van der Waals surface area contributed by atoms with E-state index in [0.717, 1.165) is 0 Å². The molecule has 162 valence electrons. The molecule has 0 N–H and O–H groups in total. The van der Waals surface area contributed by atoms with Crippen LogP contribution in [-0.4, -0.2) is 45.4 Å². The van der Waals surface area contributed by atoms with Crippen molar-refractivity contribution in [1.29, 1.82) is 0 Å². The number of aromatic nitrogens is 4. The van der Waals surface area contributed by atoms with Crippen molar-refractivity contribution in [3.05, 3.63) is 54.1 Å². The molecule has 0 amide bonds. The number of pyridine rings is 1. The Labute approximate surface area is 180 Å². The smallest absolute Gasteiger partial charge is 0.381 e.